The Bertz CT molecular complexity index is 628. The summed E-state index contributed by atoms with van der Waals surface area (Å²) < 4.78 is 10.2. The third kappa shape index (κ3) is 5.18. The number of amides is 1. The lowest BCUT2D eigenvalue weighted by Gasteiger charge is -2.35. The summed E-state index contributed by atoms with van der Waals surface area (Å²) in [5.74, 6) is 1.64. The second kappa shape index (κ2) is 9.74. The summed E-state index contributed by atoms with van der Waals surface area (Å²) in [6, 6.07) is 5.10. The van der Waals surface area contributed by atoms with E-state index in [0.717, 1.165) is 12.5 Å². The number of carbonyl (C=O) groups is 1. The molecule has 1 saturated heterocycles. The number of rotatable bonds is 5. The van der Waals surface area contributed by atoms with Gasteiger partial charge in [-0.15, -0.1) is 0 Å². The van der Waals surface area contributed by atoms with Crippen molar-refractivity contribution in [1.82, 2.24) is 15.1 Å². The molecule has 0 aromatic heterocycles. The number of benzene rings is 1. The van der Waals surface area contributed by atoms with Gasteiger partial charge in [0.05, 0.1) is 20.3 Å². The molecular formula is C18H28N4O4. The summed E-state index contributed by atoms with van der Waals surface area (Å²) >= 11 is 0. The topological polar surface area (TPSA) is 86.6 Å². The molecule has 0 spiro atoms. The monoisotopic (exact) mass is 364 g/mol. The van der Waals surface area contributed by atoms with Gasteiger partial charge in [0.1, 0.15) is 11.5 Å². The van der Waals surface area contributed by atoms with Crippen LogP contribution in [0.25, 0.3) is 0 Å². The SMILES string of the molecule is CCNC(=NCc1cc(OC)ccc1O)N1CCN(C(=O)OCC)CC1. The first-order valence-electron chi connectivity index (χ1n) is 8.89. The van der Waals surface area contributed by atoms with Crippen molar-refractivity contribution in [2.45, 2.75) is 20.4 Å². The minimum absolute atomic E-state index is 0.192. The highest BCUT2D eigenvalue weighted by molar-refractivity contribution is 5.80. The van der Waals surface area contributed by atoms with E-state index < -0.39 is 0 Å². The Kier molecular flexibility index (Phi) is 7.37. The highest BCUT2D eigenvalue weighted by Gasteiger charge is 2.23. The lowest BCUT2D eigenvalue weighted by molar-refractivity contribution is 0.0914. The fourth-order valence-corrected chi connectivity index (χ4v) is 2.72. The van der Waals surface area contributed by atoms with Crippen LogP contribution in [0, 0.1) is 0 Å². The molecule has 1 aromatic rings. The first kappa shape index (κ1) is 19.7. The molecule has 1 aliphatic rings. The summed E-state index contributed by atoms with van der Waals surface area (Å²) in [5, 5.41) is 13.3. The number of ether oxygens (including phenoxy) is 2. The van der Waals surface area contributed by atoms with Gasteiger partial charge in [0.25, 0.3) is 0 Å². The van der Waals surface area contributed by atoms with E-state index in [-0.39, 0.29) is 11.8 Å². The van der Waals surface area contributed by atoms with Crippen LogP contribution in [-0.2, 0) is 11.3 Å². The van der Waals surface area contributed by atoms with Gasteiger partial charge in [0.15, 0.2) is 5.96 Å². The molecule has 1 aromatic carbocycles. The van der Waals surface area contributed by atoms with Crippen LogP contribution in [0.2, 0.25) is 0 Å². The van der Waals surface area contributed by atoms with E-state index in [1.807, 2.05) is 6.92 Å². The summed E-state index contributed by atoms with van der Waals surface area (Å²) in [4.78, 5) is 20.3. The Morgan fingerprint density at radius 3 is 2.54 bits per heavy atom. The van der Waals surface area contributed by atoms with Crippen LogP contribution in [0.15, 0.2) is 23.2 Å². The number of phenols is 1. The predicted octanol–water partition coefficient (Wildman–Crippen LogP) is 1.64. The number of aliphatic imine (C=N–C) groups is 1. The van der Waals surface area contributed by atoms with Crippen LogP contribution in [0.3, 0.4) is 0 Å². The van der Waals surface area contributed by atoms with Crippen molar-refractivity contribution in [3.8, 4) is 11.5 Å². The van der Waals surface area contributed by atoms with E-state index in [1.54, 1.807) is 37.1 Å². The fourth-order valence-electron chi connectivity index (χ4n) is 2.72. The van der Waals surface area contributed by atoms with E-state index in [2.05, 4.69) is 15.2 Å². The minimum atomic E-state index is -0.268. The molecule has 0 aliphatic carbocycles. The summed E-state index contributed by atoms with van der Waals surface area (Å²) in [6.45, 7) is 7.80. The fraction of sp³-hybridized carbons (Fsp3) is 0.556. The molecule has 2 N–H and O–H groups in total. The Labute approximate surface area is 154 Å². The van der Waals surface area contributed by atoms with Crippen molar-refractivity contribution in [3.05, 3.63) is 23.8 Å². The van der Waals surface area contributed by atoms with Gasteiger partial charge in [-0.25, -0.2) is 9.79 Å². The average Bonchev–Trinajstić information content (AvgIpc) is 2.66. The highest BCUT2D eigenvalue weighted by Crippen LogP contribution is 2.23. The number of phenolic OH excluding ortho intramolecular Hbond substituents is 1. The molecule has 2 rings (SSSR count). The van der Waals surface area contributed by atoms with E-state index in [0.29, 0.717) is 50.6 Å². The van der Waals surface area contributed by atoms with Crippen molar-refractivity contribution >= 4 is 12.1 Å². The van der Waals surface area contributed by atoms with Gasteiger partial charge in [-0.3, -0.25) is 0 Å². The van der Waals surface area contributed by atoms with E-state index in [9.17, 15) is 9.90 Å². The molecule has 0 radical (unpaired) electrons. The molecule has 0 bridgehead atoms. The maximum atomic E-state index is 11.8. The van der Waals surface area contributed by atoms with Gasteiger partial charge >= 0.3 is 6.09 Å². The number of guanidine groups is 1. The van der Waals surface area contributed by atoms with Gasteiger partial charge in [-0.05, 0) is 32.0 Å². The predicted molar refractivity (Wildman–Crippen MR) is 99.6 cm³/mol. The number of nitrogens with zero attached hydrogens (tertiary/aromatic N) is 3. The van der Waals surface area contributed by atoms with Crippen molar-refractivity contribution in [2.24, 2.45) is 4.99 Å². The molecule has 1 amide bonds. The average molecular weight is 364 g/mol. The highest BCUT2D eigenvalue weighted by atomic mass is 16.6. The lowest BCUT2D eigenvalue weighted by Crippen LogP contribution is -2.53. The van der Waals surface area contributed by atoms with Crippen molar-refractivity contribution in [3.63, 3.8) is 0 Å². The van der Waals surface area contributed by atoms with Crippen LogP contribution in [-0.4, -0.2) is 73.4 Å². The lowest BCUT2D eigenvalue weighted by atomic mass is 10.2. The molecule has 144 valence electrons. The number of aromatic hydroxyl groups is 1. The first-order chi connectivity index (χ1) is 12.6. The summed E-state index contributed by atoms with van der Waals surface area (Å²) in [7, 11) is 1.59. The Morgan fingerprint density at radius 1 is 1.23 bits per heavy atom. The van der Waals surface area contributed by atoms with E-state index >= 15 is 0 Å². The van der Waals surface area contributed by atoms with Gasteiger partial charge in [0, 0.05) is 38.3 Å². The maximum Gasteiger partial charge on any atom is 0.409 e. The molecule has 8 nitrogen and oxygen atoms in total. The first-order valence-corrected chi connectivity index (χ1v) is 8.89. The molecule has 8 heteroatoms. The second-order valence-electron chi connectivity index (χ2n) is 5.84. The van der Waals surface area contributed by atoms with Crippen LogP contribution in [0.5, 0.6) is 11.5 Å². The number of carbonyl (C=O) groups excluding carboxylic acids is 1. The van der Waals surface area contributed by atoms with Crippen LogP contribution >= 0.6 is 0 Å². The zero-order chi connectivity index (χ0) is 18.9. The molecule has 26 heavy (non-hydrogen) atoms. The third-order valence-corrected chi connectivity index (χ3v) is 4.13. The van der Waals surface area contributed by atoms with Gasteiger partial charge < -0.3 is 29.7 Å². The molecule has 0 unspecified atom stereocenters. The zero-order valence-corrected chi connectivity index (χ0v) is 15.7. The molecule has 0 atom stereocenters. The molecular weight excluding hydrogens is 336 g/mol. The van der Waals surface area contributed by atoms with Gasteiger partial charge in [-0.2, -0.15) is 0 Å². The van der Waals surface area contributed by atoms with E-state index in [4.69, 9.17) is 9.47 Å². The number of hydrogen-bond acceptors (Lipinski definition) is 5. The van der Waals surface area contributed by atoms with Crippen LogP contribution in [0.1, 0.15) is 19.4 Å². The molecule has 1 heterocycles. The van der Waals surface area contributed by atoms with Crippen molar-refractivity contribution < 1.29 is 19.4 Å². The summed E-state index contributed by atoms with van der Waals surface area (Å²) in [6.07, 6.45) is -0.268. The van der Waals surface area contributed by atoms with Crippen LogP contribution < -0.4 is 10.1 Å². The number of hydrogen-bond donors (Lipinski definition) is 2. The van der Waals surface area contributed by atoms with Gasteiger partial charge in [-0.1, -0.05) is 0 Å². The standard InChI is InChI=1S/C18H28N4O4/c1-4-19-17(20-13-14-12-15(25-3)6-7-16(14)23)21-8-10-22(11-9-21)18(24)26-5-2/h6-7,12,23H,4-5,8-11,13H2,1-3H3,(H,19,20). The number of nitrogens with one attached hydrogen (secondary N) is 1. The third-order valence-electron chi connectivity index (χ3n) is 4.13. The molecule has 1 aliphatic heterocycles. The van der Waals surface area contributed by atoms with Crippen molar-refractivity contribution in [1.29, 1.82) is 0 Å². The summed E-state index contributed by atoms with van der Waals surface area (Å²) in [5.41, 5.74) is 0.699. The largest absolute Gasteiger partial charge is 0.508 e. The Balaban J connectivity index is 2.02. The quantitative estimate of drug-likeness (QED) is 0.610. The van der Waals surface area contributed by atoms with Crippen molar-refractivity contribution in [2.75, 3.05) is 46.4 Å². The molecule has 1 fully saturated rings. The Hall–Kier alpha value is -2.64. The second-order valence-corrected chi connectivity index (χ2v) is 5.84. The van der Waals surface area contributed by atoms with E-state index in [1.165, 1.54) is 0 Å². The smallest absolute Gasteiger partial charge is 0.409 e. The number of methoxy groups -OCH3 is 1. The van der Waals surface area contributed by atoms with Crippen LogP contribution in [0.4, 0.5) is 4.79 Å². The maximum absolute atomic E-state index is 11.8. The Morgan fingerprint density at radius 2 is 1.92 bits per heavy atom. The normalized spacial score (nSPS) is 15.0. The minimum Gasteiger partial charge on any atom is -0.508 e. The molecule has 0 saturated carbocycles. The number of piperazine rings is 1. The zero-order valence-electron chi connectivity index (χ0n) is 15.7. The van der Waals surface area contributed by atoms with Gasteiger partial charge in [0.2, 0.25) is 0 Å².